The number of benzene rings is 1. The molecule has 0 radical (unpaired) electrons. The minimum absolute atomic E-state index is 0. The van der Waals surface area contributed by atoms with Crippen molar-refractivity contribution < 1.29 is 4.79 Å². The summed E-state index contributed by atoms with van der Waals surface area (Å²) in [5.41, 5.74) is 2.05. The molecule has 0 saturated carbocycles. The van der Waals surface area contributed by atoms with E-state index in [4.69, 9.17) is 4.99 Å². The minimum atomic E-state index is -0.0493. The van der Waals surface area contributed by atoms with Crippen molar-refractivity contribution >= 4 is 57.9 Å². The highest BCUT2D eigenvalue weighted by Crippen LogP contribution is 2.22. The zero-order valence-corrected chi connectivity index (χ0v) is 20.2. The second-order valence-electron chi connectivity index (χ2n) is 6.79. The van der Waals surface area contributed by atoms with Crippen LogP contribution in [0.5, 0.6) is 0 Å². The van der Waals surface area contributed by atoms with E-state index in [-0.39, 0.29) is 29.9 Å². The van der Waals surface area contributed by atoms with Crippen molar-refractivity contribution in [3.63, 3.8) is 0 Å². The molecular formula is C21H30IN5OS. The third-order valence-corrected chi connectivity index (χ3v) is 5.60. The topological polar surface area (TPSA) is 60.0 Å². The van der Waals surface area contributed by atoms with Crippen molar-refractivity contribution in [2.75, 3.05) is 49.5 Å². The Morgan fingerprint density at radius 3 is 2.45 bits per heavy atom. The number of amides is 1. The fraction of sp³-hybridized carbons (Fsp3) is 0.429. The molecule has 1 aromatic carbocycles. The quantitative estimate of drug-likeness (QED) is 0.342. The zero-order valence-electron chi connectivity index (χ0n) is 17.1. The molecule has 8 heteroatoms. The molecule has 1 aliphatic heterocycles. The van der Waals surface area contributed by atoms with Crippen molar-refractivity contribution in [1.82, 2.24) is 10.2 Å². The fourth-order valence-corrected chi connectivity index (χ4v) is 4.05. The minimum Gasteiger partial charge on any atom is -0.360 e. The fourth-order valence-electron chi connectivity index (χ4n) is 3.26. The summed E-state index contributed by atoms with van der Waals surface area (Å²) in [6, 6.07) is 12.3. The van der Waals surface area contributed by atoms with Gasteiger partial charge in [0.05, 0.1) is 5.00 Å². The highest BCUT2D eigenvalue weighted by Gasteiger charge is 2.20. The Balaban J connectivity index is 0.00000300. The van der Waals surface area contributed by atoms with E-state index in [1.54, 1.807) is 11.3 Å². The third-order valence-electron chi connectivity index (χ3n) is 4.67. The van der Waals surface area contributed by atoms with Crippen molar-refractivity contribution in [3.05, 3.63) is 47.3 Å². The van der Waals surface area contributed by atoms with Gasteiger partial charge < -0.3 is 20.4 Å². The average Bonchev–Trinajstić information content (AvgIpc) is 3.23. The maximum Gasteiger partial charge on any atom is 0.221 e. The SMILES string of the molecule is CCNC(=NCCc1ccc(NC(C)=O)cc1)N1CCN(c2cccs2)CC1.I. The molecule has 1 aromatic heterocycles. The molecule has 1 fully saturated rings. The molecule has 0 unspecified atom stereocenters. The summed E-state index contributed by atoms with van der Waals surface area (Å²) < 4.78 is 0. The monoisotopic (exact) mass is 527 g/mol. The second-order valence-corrected chi connectivity index (χ2v) is 7.72. The lowest BCUT2D eigenvalue weighted by molar-refractivity contribution is -0.114. The first kappa shape index (κ1) is 23.5. The van der Waals surface area contributed by atoms with Gasteiger partial charge in [0.2, 0.25) is 5.91 Å². The first-order valence-electron chi connectivity index (χ1n) is 9.84. The lowest BCUT2D eigenvalue weighted by Crippen LogP contribution is -2.52. The van der Waals surface area contributed by atoms with Crippen LogP contribution >= 0.6 is 35.3 Å². The van der Waals surface area contributed by atoms with E-state index in [1.165, 1.54) is 17.5 Å². The number of anilines is 2. The van der Waals surface area contributed by atoms with Gasteiger partial charge in [0.1, 0.15) is 0 Å². The molecule has 6 nitrogen and oxygen atoms in total. The van der Waals surface area contributed by atoms with Crippen LogP contribution in [-0.4, -0.2) is 56.0 Å². The van der Waals surface area contributed by atoms with Crippen molar-refractivity contribution in [2.24, 2.45) is 4.99 Å². The molecule has 0 aliphatic carbocycles. The summed E-state index contributed by atoms with van der Waals surface area (Å²) >= 11 is 1.80. The van der Waals surface area contributed by atoms with Crippen LogP contribution in [0.1, 0.15) is 19.4 Å². The molecule has 2 N–H and O–H groups in total. The molecule has 1 saturated heterocycles. The summed E-state index contributed by atoms with van der Waals surface area (Å²) in [6.45, 7) is 9.25. The summed E-state index contributed by atoms with van der Waals surface area (Å²) in [6.07, 6.45) is 0.879. The predicted octanol–water partition coefficient (Wildman–Crippen LogP) is 3.65. The lowest BCUT2D eigenvalue weighted by atomic mass is 10.1. The summed E-state index contributed by atoms with van der Waals surface area (Å²) in [5, 5.41) is 9.71. The van der Waals surface area contributed by atoms with Crippen molar-refractivity contribution in [3.8, 4) is 0 Å². The Morgan fingerprint density at radius 2 is 1.86 bits per heavy atom. The van der Waals surface area contributed by atoms with Crippen LogP contribution in [0.25, 0.3) is 0 Å². The normalized spacial score (nSPS) is 14.3. The number of halogens is 1. The number of rotatable bonds is 6. The van der Waals surface area contributed by atoms with Gasteiger partial charge in [-0.3, -0.25) is 9.79 Å². The number of nitrogens with one attached hydrogen (secondary N) is 2. The average molecular weight is 527 g/mol. The van der Waals surface area contributed by atoms with E-state index in [0.717, 1.165) is 57.3 Å². The van der Waals surface area contributed by atoms with Gasteiger partial charge in [0.25, 0.3) is 0 Å². The van der Waals surface area contributed by atoms with Crippen LogP contribution in [0, 0.1) is 0 Å². The molecule has 1 amide bonds. The van der Waals surface area contributed by atoms with Crippen molar-refractivity contribution in [1.29, 1.82) is 0 Å². The van der Waals surface area contributed by atoms with E-state index in [0.29, 0.717) is 0 Å². The number of aliphatic imine (C=N–C) groups is 1. The molecule has 0 atom stereocenters. The van der Waals surface area contributed by atoms with Crippen LogP contribution in [-0.2, 0) is 11.2 Å². The maximum absolute atomic E-state index is 11.1. The second kappa shape index (κ2) is 12.0. The summed E-state index contributed by atoms with van der Waals surface area (Å²) in [7, 11) is 0. The van der Waals surface area contributed by atoms with Crippen LogP contribution in [0.4, 0.5) is 10.7 Å². The molecule has 2 heterocycles. The highest BCUT2D eigenvalue weighted by molar-refractivity contribution is 14.0. The molecule has 0 bridgehead atoms. The number of hydrogen-bond acceptors (Lipinski definition) is 4. The Bertz CT molecular complexity index is 771. The molecule has 158 valence electrons. The smallest absolute Gasteiger partial charge is 0.221 e. The van der Waals surface area contributed by atoms with Gasteiger partial charge in [-0.2, -0.15) is 0 Å². The van der Waals surface area contributed by atoms with E-state index in [9.17, 15) is 4.79 Å². The number of piperazine rings is 1. The Morgan fingerprint density at radius 1 is 1.14 bits per heavy atom. The molecular weight excluding hydrogens is 497 g/mol. The van der Waals surface area contributed by atoms with E-state index >= 15 is 0 Å². The van der Waals surface area contributed by atoms with Crippen LogP contribution < -0.4 is 15.5 Å². The molecule has 0 spiro atoms. The number of guanidine groups is 1. The first-order chi connectivity index (χ1) is 13.7. The van der Waals surface area contributed by atoms with Crippen LogP contribution in [0.15, 0.2) is 46.8 Å². The van der Waals surface area contributed by atoms with E-state index in [2.05, 4.69) is 44.9 Å². The molecule has 2 aromatic rings. The van der Waals surface area contributed by atoms with Gasteiger partial charge in [0, 0.05) is 51.9 Å². The van der Waals surface area contributed by atoms with E-state index in [1.807, 2.05) is 24.3 Å². The Kier molecular flexibility index (Phi) is 9.72. The number of carbonyl (C=O) groups excluding carboxylic acids is 1. The predicted molar refractivity (Wildman–Crippen MR) is 134 cm³/mol. The molecule has 29 heavy (non-hydrogen) atoms. The zero-order chi connectivity index (χ0) is 19.8. The maximum atomic E-state index is 11.1. The molecule has 3 rings (SSSR count). The first-order valence-corrected chi connectivity index (χ1v) is 10.7. The number of carbonyl (C=O) groups is 1. The largest absolute Gasteiger partial charge is 0.360 e. The van der Waals surface area contributed by atoms with Gasteiger partial charge >= 0.3 is 0 Å². The number of nitrogens with zero attached hydrogens (tertiary/aromatic N) is 3. The van der Waals surface area contributed by atoms with Gasteiger partial charge in [0.15, 0.2) is 5.96 Å². The third kappa shape index (κ3) is 7.18. The summed E-state index contributed by atoms with van der Waals surface area (Å²) in [5.74, 6) is 0.954. The highest BCUT2D eigenvalue weighted by atomic mass is 127. The Labute approximate surface area is 194 Å². The standard InChI is InChI=1S/C21H29N5OS.HI/c1-3-22-21(26-14-12-25(13-15-26)20-5-4-16-28-20)23-11-10-18-6-8-19(9-7-18)24-17(2)27;/h4-9,16H,3,10-15H2,1-2H3,(H,22,23)(H,24,27);1H. The number of thiophene rings is 1. The van der Waals surface area contributed by atoms with E-state index < -0.39 is 0 Å². The van der Waals surface area contributed by atoms with Crippen LogP contribution in [0.2, 0.25) is 0 Å². The Hall–Kier alpha value is -1.81. The molecule has 1 aliphatic rings. The van der Waals surface area contributed by atoms with Gasteiger partial charge in [-0.1, -0.05) is 12.1 Å². The number of hydrogen-bond donors (Lipinski definition) is 2. The van der Waals surface area contributed by atoms with Gasteiger partial charge in [-0.25, -0.2) is 0 Å². The van der Waals surface area contributed by atoms with Gasteiger partial charge in [-0.15, -0.1) is 35.3 Å². The van der Waals surface area contributed by atoms with Gasteiger partial charge in [-0.05, 0) is 48.6 Å². The summed E-state index contributed by atoms with van der Waals surface area (Å²) in [4.78, 5) is 20.7. The van der Waals surface area contributed by atoms with Crippen LogP contribution in [0.3, 0.4) is 0 Å². The van der Waals surface area contributed by atoms with Crippen molar-refractivity contribution in [2.45, 2.75) is 20.3 Å². The lowest BCUT2D eigenvalue weighted by Gasteiger charge is -2.37.